The van der Waals surface area contributed by atoms with E-state index in [1.54, 1.807) is 0 Å². The van der Waals surface area contributed by atoms with Crippen molar-refractivity contribution in [3.05, 3.63) is 0 Å². The van der Waals surface area contributed by atoms with E-state index in [2.05, 4.69) is 32.6 Å². The van der Waals surface area contributed by atoms with Gasteiger partial charge in [0.25, 0.3) is 0 Å². The van der Waals surface area contributed by atoms with Crippen molar-refractivity contribution in [2.75, 3.05) is 19.7 Å². The highest BCUT2D eigenvalue weighted by molar-refractivity contribution is 4.83. The zero-order chi connectivity index (χ0) is 12.8. The van der Waals surface area contributed by atoms with Crippen molar-refractivity contribution in [3.63, 3.8) is 0 Å². The molecule has 0 heterocycles. The van der Waals surface area contributed by atoms with Gasteiger partial charge in [-0.2, -0.15) is 0 Å². The fourth-order valence-corrected chi connectivity index (χ4v) is 2.02. The third kappa shape index (κ3) is 5.83. The second kappa shape index (κ2) is 7.25. The van der Waals surface area contributed by atoms with E-state index in [9.17, 15) is 5.11 Å². The molecule has 98 valence electrons. The molecule has 0 fully saturated rings. The van der Waals surface area contributed by atoms with Crippen LogP contribution >= 0.6 is 0 Å². The minimum atomic E-state index is -0.456. The van der Waals surface area contributed by atoms with Crippen LogP contribution in [0.2, 0.25) is 0 Å². The van der Waals surface area contributed by atoms with Gasteiger partial charge in [-0.05, 0) is 32.7 Å². The summed E-state index contributed by atoms with van der Waals surface area (Å²) < 4.78 is 0. The van der Waals surface area contributed by atoms with Gasteiger partial charge < -0.3 is 15.7 Å². The third-order valence-electron chi connectivity index (χ3n) is 3.40. The van der Waals surface area contributed by atoms with Crippen molar-refractivity contribution in [3.8, 4) is 0 Å². The Labute approximate surface area is 101 Å². The Hall–Kier alpha value is -0.120. The second-order valence-electron chi connectivity index (χ2n) is 5.47. The summed E-state index contributed by atoms with van der Waals surface area (Å²) in [6.07, 6.45) is 2.05. The molecule has 3 heteroatoms. The highest BCUT2D eigenvalue weighted by Crippen LogP contribution is 2.15. The molecule has 0 aromatic rings. The van der Waals surface area contributed by atoms with E-state index in [1.807, 2.05) is 6.92 Å². The molecule has 0 spiro atoms. The lowest BCUT2D eigenvalue weighted by Gasteiger charge is -2.34. The summed E-state index contributed by atoms with van der Waals surface area (Å²) in [7, 11) is 0. The molecule has 0 rings (SSSR count). The maximum absolute atomic E-state index is 9.18. The minimum Gasteiger partial charge on any atom is -0.394 e. The monoisotopic (exact) mass is 230 g/mol. The van der Waals surface area contributed by atoms with Gasteiger partial charge in [0.2, 0.25) is 0 Å². The molecule has 0 aromatic carbocycles. The Morgan fingerprint density at radius 1 is 1.31 bits per heavy atom. The number of aliphatic hydroxyl groups is 1. The molecule has 16 heavy (non-hydrogen) atoms. The van der Waals surface area contributed by atoms with Crippen LogP contribution in [-0.2, 0) is 0 Å². The van der Waals surface area contributed by atoms with Gasteiger partial charge in [-0.15, -0.1) is 0 Å². The number of rotatable bonds is 8. The van der Waals surface area contributed by atoms with E-state index in [0.717, 1.165) is 25.4 Å². The van der Waals surface area contributed by atoms with Gasteiger partial charge in [0.15, 0.2) is 0 Å². The van der Waals surface area contributed by atoms with Crippen molar-refractivity contribution in [2.24, 2.45) is 11.7 Å². The first-order valence-corrected chi connectivity index (χ1v) is 6.50. The first-order chi connectivity index (χ1) is 7.36. The van der Waals surface area contributed by atoms with Gasteiger partial charge in [-0.25, -0.2) is 0 Å². The predicted molar refractivity (Wildman–Crippen MR) is 70.5 cm³/mol. The lowest BCUT2D eigenvalue weighted by atomic mass is 9.94. The fourth-order valence-electron chi connectivity index (χ4n) is 2.02. The molecule has 0 aliphatic heterocycles. The average Bonchev–Trinajstić information content (AvgIpc) is 2.24. The fraction of sp³-hybridized carbons (Fsp3) is 1.00. The summed E-state index contributed by atoms with van der Waals surface area (Å²) in [5.74, 6) is 0.723. The molecular weight excluding hydrogens is 200 g/mol. The van der Waals surface area contributed by atoms with Crippen molar-refractivity contribution >= 4 is 0 Å². The molecule has 0 amide bonds. The maximum Gasteiger partial charge on any atom is 0.0609 e. The Kier molecular flexibility index (Phi) is 7.20. The van der Waals surface area contributed by atoms with Crippen LogP contribution in [0.25, 0.3) is 0 Å². The van der Waals surface area contributed by atoms with Crippen molar-refractivity contribution in [1.29, 1.82) is 0 Å². The van der Waals surface area contributed by atoms with E-state index >= 15 is 0 Å². The summed E-state index contributed by atoms with van der Waals surface area (Å²) in [6.45, 7) is 13.0. The van der Waals surface area contributed by atoms with E-state index in [-0.39, 0.29) is 6.61 Å². The SMILES string of the molecule is CCC(C)CN(CC)C(C)CC(C)(N)CO. The van der Waals surface area contributed by atoms with Gasteiger partial charge in [0, 0.05) is 18.1 Å². The smallest absolute Gasteiger partial charge is 0.0609 e. The second-order valence-corrected chi connectivity index (χ2v) is 5.47. The Balaban J connectivity index is 4.25. The van der Waals surface area contributed by atoms with Crippen molar-refractivity contribution < 1.29 is 5.11 Å². The van der Waals surface area contributed by atoms with Crippen LogP contribution in [0.4, 0.5) is 0 Å². The highest BCUT2D eigenvalue weighted by atomic mass is 16.3. The number of aliphatic hydroxyl groups excluding tert-OH is 1. The third-order valence-corrected chi connectivity index (χ3v) is 3.40. The van der Waals surface area contributed by atoms with Crippen LogP contribution in [0.5, 0.6) is 0 Å². The molecule has 0 radical (unpaired) electrons. The zero-order valence-corrected chi connectivity index (χ0v) is 11.7. The first-order valence-electron chi connectivity index (χ1n) is 6.50. The average molecular weight is 230 g/mol. The van der Waals surface area contributed by atoms with E-state index < -0.39 is 5.54 Å². The van der Waals surface area contributed by atoms with Gasteiger partial charge in [0.05, 0.1) is 6.61 Å². The van der Waals surface area contributed by atoms with Crippen LogP contribution in [-0.4, -0.2) is 41.3 Å². The van der Waals surface area contributed by atoms with Crippen molar-refractivity contribution in [1.82, 2.24) is 4.90 Å². The zero-order valence-electron chi connectivity index (χ0n) is 11.7. The summed E-state index contributed by atoms with van der Waals surface area (Å²) in [6, 6.07) is 0.432. The lowest BCUT2D eigenvalue weighted by molar-refractivity contribution is 0.129. The Morgan fingerprint density at radius 3 is 2.25 bits per heavy atom. The quantitative estimate of drug-likeness (QED) is 0.669. The Bertz CT molecular complexity index is 183. The topological polar surface area (TPSA) is 49.5 Å². The molecule has 0 bridgehead atoms. The molecule has 0 aromatic heterocycles. The number of nitrogens with two attached hydrogens (primary N) is 1. The molecular formula is C13H30N2O. The van der Waals surface area contributed by atoms with Crippen LogP contribution in [0.1, 0.15) is 47.5 Å². The van der Waals surface area contributed by atoms with Gasteiger partial charge in [-0.1, -0.05) is 27.2 Å². The molecule has 0 saturated heterocycles. The summed E-state index contributed by atoms with van der Waals surface area (Å²) in [5.41, 5.74) is 5.54. The summed E-state index contributed by atoms with van der Waals surface area (Å²) >= 11 is 0. The highest BCUT2D eigenvalue weighted by Gasteiger charge is 2.24. The standard InChI is InChI=1S/C13H30N2O/c1-6-11(3)9-15(7-2)12(4)8-13(5,14)10-16/h11-12,16H,6-10,14H2,1-5H3. The van der Waals surface area contributed by atoms with E-state index in [4.69, 9.17) is 5.73 Å². The van der Waals surface area contributed by atoms with Crippen molar-refractivity contribution in [2.45, 2.75) is 59.0 Å². The maximum atomic E-state index is 9.18. The molecule has 0 aliphatic rings. The molecule has 3 N–H and O–H groups in total. The lowest BCUT2D eigenvalue weighted by Crippen LogP contribution is -2.48. The minimum absolute atomic E-state index is 0.0538. The first kappa shape index (κ1) is 15.9. The van der Waals surface area contributed by atoms with Crippen LogP contribution in [0, 0.1) is 5.92 Å². The Morgan fingerprint density at radius 2 is 1.88 bits per heavy atom. The molecule has 0 aliphatic carbocycles. The van der Waals surface area contributed by atoms with Crippen LogP contribution in [0.15, 0.2) is 0 Å². The number of hydrogen-bond acceptors (Lipinski definition) is 3. The van der Waals surface area contributed by atoms with E-state index in [1.165, 1.54) is 6.42 Å². The predicted octanol–water partition coefficient (Wildman–Crippen LogP) is 1.84. The van der Waals surface area contributed by atoms with Crippen LogP contribution in [0.3, 0.4) is 0 Å². The summed E-state index contributed by atoms with van der Waals surface area (Å²) in [5, 5.41) is 9.18. The van der Waals surface area contributed by atoms with Gasteiger partial charge in [0.1, 0.15) is 0 Å². The van der Waals surface area contributed by atoms with E-state index in [0.29, 0.717) is 6.04 Å². The van der Waals surface area contributed by atoms with Crippen LogP contribution < -0.4 is 5.73 Å². The summed E-state index contributed by atoms with van der Waals surface area (Å²) in [4.78, 5) is 2.45. The normalized spacial score (nSPS) is 19.5. The number of nitrogens with zero attached hydrogens (tertiary/aromatic N) is 1. The largest absolute Gasteiger partial charge is 0.394 e. The molecule has 3 unspecified atom stereocenters. The van der Waals surface area contributed by atoms with Gasteiger partial charge in [-0.3, -0.25) is 0 Å². The number of hydrogen-bond donors (Lipinski definition) is 2. The molecule has 0 saturated carbocycles. The molecule has 3 nitrogen and oxygen atoms in total. The molecule has 3 atom stereocenters. The van der Waals surface area contributed by atoms with Gasteiger partial charge >= 0.3 is 0 Å².